The maximum absolute atomic E-state index is 11.0. The molecule has 2 rings (SSSR count). The van der Waals surface area contributed by atoms with Crippen molar-refractivity contribution in [2.45, 2.75) is 51.5 Å². The fourth-order valence-corrected chi connectivity index (χ4v) is 3.72. The number of nitrogens with one attached hydrogen (secondary N) is 1. The van der Waals surface area contributed by atoms with Crippen molar-refractivity contribution in [3.63, 3.8) is 0 Å². The standard InChI is InChI=1S/C14H25NO2/c1-10(15-7-3-4-14(16)17-2)13-9-11-5-6-12(13)8-11/h10-13,15H,3-9H2,1-2H3. The zero-order chi connectivity index (χ0) is 12.3. The zero-order valence-corrected chi connectivity index (χ0v) is 11.1. The minimum absolute atomic E-state index is 0.0978. The molecule has 4 atom stereocenters. The first-order chi connectivity index (χ1) is 8.20. The maximum Gasteiger partial charge on any atom is 0.305 e. The molecule has 3 nitrogen and oxygen atoms in total. The zero-order valence-electron chi connectivity index (χ0n) is 11.1. The molecule has 0 heterocycles. The van der Waals surface area contributed by atoms with Crippen LogP contribution in [0.4, 0.5) is 0 Å². The van der Waals surface area contributed by atoms with Crippen LogP contribution in [-0.2, 0) is 9.53 Å². The Morgan fingerprint density at radius 1 is 1.41 bits per heavy atom. The van der Waals surface area contributed by atoms with Gasteiger partial charge in [0.25, 0.3) is 0 Å². The molecule has 2 aliphatic rings. The Morgan fingerprint density at radius 3 is 2.82 bits per heavy atom. The molecule has 0 aromatic rings. The van der Waals surface area contributed by atoms with Crippen molar-refractivity contribution in [3.8, 4) is 0 Å². The van der Waals surface area contributed by atoms with Crippen LogP contribution in [-0.4, -0.2) is 25.7 Å². The van der Waals surface area contributed by atoms with Gasteiger partial charge in [-0.25, -0.2) is 0 Å². The Hall–Kier alpha value is -0.570. The van der Waals surface area contributed by atoms with Gasteiger partial charge >= 0.3 is 5.97 Å². The van der Waals surface area contributed by atoms with Crippen molar-refractivity contribution >= 4 is 5.97 Å². The predicted octanol–water partition coefficient (Wildman–Crippen LogP) is 2.35. The van der Waals surface area contributed by atoms with Gasteiger partial charge in [-0.15, -0.1) is 0 Å². The number of ether oxygens (including phenoxy) is 1. The molecule has 0 aliphatic heterocycles. The average Bonchev–Trinajstić information content (AvgIpc) is 2.96. The van der Waals surface area contributed by atoms with E-state index in [0.717, 1.165) is 30.7 Å². The Morgan fingerprint density at radius 2 is 2.24 bits per heavy atom. The summed E-state index contributed by atoms with van der Waals surface area (Å²) < 4.78 is 4.63. The molecule has 1 N–H and O–H groups in total. The van der Waals surface area contributed by atoms with E-state index in [1.54, 1.807) is 0 Å². The van der Waals surface area contributed by atoms with Gasteiger partial charge in [0, 0.05) is 12.5 Å². The van der Waals surface area contributed by atoms with Gasteiger partial charge in [-0.05, 0) is 56.9 Å². The lowest BCUT2D eigenvalue weighted by atomic mass is 9.84. The largest absolute Gasteiger partial charge is 0.469 e. The van der Waals surface area contributed by atoms with Gasteiger partial charge < -0.3 is 10.1 Å². The molecule has 2 bridgehead atoms. The van der Waals surface area contributed by atoms with Crippen molar-refractivity contribution in [2.75, 3.05) is 13.7 Å². The first-order valence-electron chi connectivity index (χ1n) is 7.01. The summed E-state index contributed by atoms with van der Waals surface area (Å²) in [5.74, 6) is 2.78. The number of hydrogen-bond donors (Lipinski definition) is 1. The van der Waals surface area contributed by atoms with E-state index in [1.807, 2.05) is 0 Å². The third-order valence-corrected chi connectivity index (χ3v) is 4.69. The lowest BCUT2D eigenvalue weighted by Crippen LogP contribution is -2.36. The van der Waals surface area contributed by atoms with Gasteiger partial charge in [0.1, 0.15) is 0 Å². The minimum atomic E-state index is -0.0978. The molecule has 0 aromatic heterocycles. The molecule has 0 aromatic carbocycles. The lowest BCUT2D eigenvalue weighted by Gasteiger charge is -2.28. The normalized spacial score (nSPS) is 32.7. The quantitative estimate of drug-likeness (QED) is 0.571. The average molecular weight is 239 g/mol. The van der Waals surface area contributed by atoms with Crippen molar-refractivity contribution in [3.05, 3.63) is 0 Å². The van der Waals surface area contributed by atoms with Crippen molar-refractivity contribution in [1.82, 2.24) is 5.32 Å². The van der Waals surface area contributed by atoms with E-state index in [4.69, 9.17) is 0 Å². The predicted molar refractivity (Wildman–Crippen MR) is 67.7 cm³/mol. The number of rotatable bonds is 6. The van der Waals surface area contributed by atoms with Gasteiger partial charge in [-0.1, -0.05) is 6.42 Å². The molecule has 4 unspecified atom stereocenters. The topological polar surface area (TPSA) is 38.3 Å². The summed E-state index contributed by atoms with van der Waals surface area (Å²) in [5.41, 5.74) is 0. The second-order valence-corrected chi connectivity index (χ2v) is 5.76. The van der Waals surface area contributed by atoms with Crippen LogP contribution in [0, 0.1) is 17.8 Å². The van der Waals surface area contributed by atoms with Crippen LogP contribution in [0.15, 0.2) is 0 Å². The van der Waals surface area contributed by atoms with Gasteiger partial charge in [0.15, 0.2) is 0 Å². The summed E-state index contributed by atoms with van der Waals surface area (Å²) in [7, 11) is 1.45. The summed E-state index contributed by atoms with van der Waals surface area (Å²) >= 11 is 0. The van der Waals surface area contributed by atoms with E-state index in [0.29, 0.717) is 12.5 Å². The van der Waals surface area contributed by atoms with Crippen molar-refractivity contribution in [1.29, 1.82) is 0 Å². The highest BCUT2D eigenvalue weighted by Crippen LogP contribution is 2.49. The summed E-state index contributed by atoms with van der Waals surface area (Å²) in [4.78, 5) is 11.0. The summed E-state index contributed by atoms with van der Waals surface area (Å²) in [6, 6.07) is 0.614. The first-order valence-corrected chi connectivity index (χ1v) is 7.01. The molecule has 0 spiro atoms. The number of carbonyl (C=O) groups is 1. The Kier molecular flexibility index (Phi) is 4.43. The number of methoxy groups -OCH3 is 1. The molecular formula is C14H25NO2. The molecule has 0 saturated heterocycles. The van der Waals surface area contributed by atoms with E-state index in [-0.39, 0.29) is 5.97 Å². The second-order valence-electron chi connectivity index (χ2n) is 5.76. The smallest absolute Gasteiger partial charge is 0.305 e. The van der Waals surface area contributed by atoms with Gasteiger partial charge in [-0.2, -0.15) is 0 Å². The van der Waals surface area contributed by atoms with E-state index < -0.39 is 0 Å². The van der Waals surface area contributed by atoms with Crippen LogP contribution in [0.5, 0.6) is 0 Å². The highest BCUT2D eigenvalue weighted by atomic mass is 16.5. The van der Waals surface area contributed by atoms with Crippen LogP contribution in [0.25, 0.3) is 0 Å². The van der Waals surface area contributed by atoms with Crippen LogP contribution in [0.2, 0.25) is 0 Å². The third-order valence-electron chi connectivity index (χ3n) is 4.69. The molecule has 3 heteroatoms. The Labute approximate surface area is 104 Å². The van der Waals surface area contributed by atoms with E-state index in [9.17, 15) is 4.79 Å². The van der Waals surface area contributed by atoms with E-state index >= 15 is 0 Å². The fourth-order valence-electron chi connectivity index (χ4n) is 3.72. The molecule has 2 saturated carbocycles. The highest BCUT2D eigenvalue weighted by Gasteiger charge is 2.41. The number of fused-ring (bicyclic) bond motifs is 2. The fraction of sp³-hybridized carbons (Fsp3) is 0.929. The SMILES string of the molecule is COC(=O)CCCNC(C)C1CC2CCC1C2. The molecule has 2 fully saturated rings. The van der Waals surface area contributed by atoms with E-state index in [1.165, 1.54) is 32.8 Å². The summed E-state index contributed by atoms with van der Waals surface area (Å²) in [5, 5.41) is 3.58. The molecule has 98 valence electrons. The highest BCUT2D eigenvalue weighted by molar-refractivity contribution is 5.69. The van der Waals surface area contributed by atoms with Crippen molar-refractivity contribution < 1.29 is 9.53 Å². The van der Waals surface area contributed by atoms with Gasteiger partial charge in [0.05, 0.1) is 7.11 Å². The molecule has 2 aliphatic carbocycles. The van der Waals surface area contributed by atoms with Crippen LogP contribution >= 0.6 is 0 Å². The number of carbonyl (C=O) groups excluding carboxylic acids is 1. The molecule has 17 heavy (non-hydrogen) atoms. The molecule has 0 amide bonds. The number of hydrogen-bond acceptors (Lipinski definition) is 3. The maximum atomic E-state index is 11.0. The van der Waals surface area contributed by atoms with Crippen LogP contribution in [0.3, 0.4) is 0 Å². The van der Waals surface area contributed by atoms with Crippen LogP contribution < -0.4 is 5.32 Å². The van der Waals surface area contributed by atoms with E-state index in [2.05, 4.69) is 17.0 Å². The Bertz CT molecular complexity index is 267. The lowest BCUT2D eigenvalue weighted by molar-refractivity contribution is -0.140. The summed E-state index contributed by atoms with van der Waals surface area (Å²) in [6.07, 6.45) is 7.24. The Balaban J connectivity index is 1.61. The number of esters is 1. The third kappa shape index (κ3) is 3.21. The van der Waals surface area contributed by atoms with Gasteiger partial charge in [-0.3, -0.25) is 4.79 Å². The molecule has 0 radical (unpaired) electrons. The second kappa shape index (κ2) is 5.85. The summed E-state index contributed by atoms with van der Waals surface area (Å²) in [6.45, 7) is 3.24. The van der Waals surface area contributed by atoms with Crippen molar-refractivity contribution in [2.24, 2.45) is 17.8 Å². The molecular weight excluding hydrogens is 214 g/mol. The minimum Gasteiger partial charge on any atom is -0.469 e. The monoisotopic (exact) mass is 239 g/mol. The first kappa shape index (κ1) is 12.9. The van der Waals surface area contributed by atoms with Crippen LogP contribution in [0.1, 0.15) is 45.4 Å². The van der Waals surface area contributed by atoms with Gasteiger partial charge in [0.2, 0.25) is 0 Å².